The molecule has 0 unspecified atom stereocenters. The minimum Gasteiger partial charge on any atom is -0.305 e. The van der Waals surface area contributed by atoms with Crippen molar-refractivity contribution < 1.29 is 0 Å². The molecule has 0 aliphatic carbocycles. The molecule has 0 aliphatic rings. The van der Waals surface area contributed by atoms with E-state index in [-0.39, 0.29) is 0 Å². The Morgan fingerprint density at radius 3 is 2.00 bits per heavy atom. The van der Waals surface area contributed by atoms with Crippen molar-refractivity contribution in [1.29, 1.82) is 0 Å². The molecule has 0 radical (unpaired) electrons. The van der Waals surface area contributed by atoms with Crippen LogP contribution in [0.5, 0.6) is 0 Å². The molecule has 0 spiro atoms. The first-order valence-electron chi connectivity index (χ1n) is 8.41. The Kier molecular flexibility index (Phi) is 3.14. The van der Waals surface area contributed by atoms with Gasteiger partial charge in [-0.3, -0.25) is 0 Å². The Hall–Kier alpha value is -3.39. The Bertz CT molecular complexity index is 1230. The smallest absolute Gasteiger partial charge is 0.1000 e. The molecule has 1 heterocycles. The monoisotopic (exact) mass is 320 g/mol. The summed E-state index contributed by atoms with van der Waals surface area (Å²) in [5, 5.41) is 4.94. The van der Waals surface area contributed by atoms with Crippen molar-refractivity contribution in [3.05, 3.63) is 90.8 Å². The van der Waals surface area contributed by atoms with Crippen LogP contribution in [0.3, 0.4) is 0 Å². The summed E-state index contributed by atoms with van der Waals surface area (Å²) in [6.45, 7) is 0. The number of fused-ring (bicyclic) bond motifs is 6. The summed E-state index contributed by atoms with van der Waals surface area (Å²) in [6, 6.07) is 27.4. The second-order valence-electron chi connectivity index (χ2n) is 6.17. The summed E-state index contributed by atoms with van der Waals surface area (Å²) in [5.74, 6) is 0. The molecule has 0 aliphatic heterocycles. The van der Waals surface area contributed by atoms with Crippen LogP contribution in [0, 0.1) is 0 Å². The van der Waals surface area contributed by atoms with E-state index in [0.717, 1.165) is 11.0 Å². The summed E-state index contributed by atoms with van der Waals surface area (Å²) in [6.07, 6.45) is 6.11. The predicted molar refractivity (Wildman–Crippen MR) is 106 cm³/mol. The average Bonchev–Trinajstić information content (AvgIpc) is 3.12. The van der Waals surface area contributed by atoms with E-state index in [4.69, 9.17) is 4.98 Å². The molecular weight excluding hydrogens is 304 g/mol. The van der Waals surface area contributed by atoms with Gasteiger partial charge in [0.2, 0.25) is 0 Å². The average molecular weight is 320 g/mol. The summed E-state index contributed by atoms with van der Waals surface area (Å²) in [5.41, 5.74) is 3.38. The van der Waals surface area contributed by atoms with Crippen molar-refractivity contribution in [1.82, 2.24) is 9.55 Å². The zero-order chi connectivity index (χ0) is 16.6. The van der Waals surface area contributed by atoms with Gasteiger partial charge in [-0.2, -0.15) is 0 Å². The van der Waals surface area contributed by atoms with Gasteiger partial charge in [0.25, 0.3) is 0 Å². The van der Waals surface area contributed by atoms with Crippen molar-refractivity contribution >= 4 is 44.9 Å². The maximum Gasteiger partial charge on any atom is 0.1000 e. The van der Waals surface area contributed by atoms with Gasteiger partial charge in [0.1, 0.15) is 0 Å². The quantitative estimate of drug-likeness (QED) is 0.366. The summed E-state index contributed by atoms with van der Waals surface area (Å²) < 4.78 is 2.12. The molecule has 0 saturated heterocycles. The minimum atomic E-state index is 1.05. The van der Waals surface area contributed by atoms with E-state index in [1.165, 1.54) is 27.1 Å². The predicted octanol–water partition coefficient (Wildman–Crippen LogP) is 5.97. The highest BCUT2D eigenvalue weighted by atomic mass is 15.0. The topological polar surface area (TPSA) is 17.8 Å². The van der Waals surface area contributed by atoms with Crippen molar-refractivity contribution in [2.75, 3.05) is 0 Å². The number of benzene rings is 4. The van der Waals surface area contributed by atoms with Gasteiger partial charge in [-0.1, -0.05) is 78.9 Å². The summed E-state index contributed by atoms with van der Waals surface area (Å²) in [4.78, 5) is 4.72. The lowest BCUT2D eigenvalue weighted by atomic mass is 10.00. The first kappa shape index (κ1) is 14.0. The molecular formula is C23H16N2. The molecule has 2 nitrogen and oxygen atoms in total. The molecule has 25 heavy (non-hydrogen) atoms. The Morgan fingerprint density at radius 1 is 0.640 bits per heavy atom. The van der Waals surface area contributed by atoms with Crippen LogP contribution in [-0.4, -0.2) is 9.55 Å². The highest BCUT2D eigenvalue weighted by Crippen LogP contribution is 2.34. The third kappa shape index (κ3) is 2.23. The molecule has 118 valence electrons. The van der Waals surface area contributed by atoms with Gasteiger partial charge in [-0.25, -0.2) is 4.98 Å². The molecule has 0 atom stereocenters. The van der Waals surface area contributed by atoms with E-state index in [9.17, 15) is 0 Å². The molecule has 0 fully saturated rings. The molecule has 0 N–H and O–H groups in total. The first-order valence-corrected chi connectivity index (χ1v) is 8.41. The van der Waals surface area contributed by atoms with Crippen LogP contribution in [0.2, 0.25) is 0 Å². The van der Waals surface area contributed by atoms with E-state index in [2.05, 4.69) is 89.6 Å². The van der Waals surface area contributed by atoms with E-state index >= 15 is 0 Å². The molecule has 0 saturated carbocycles. The zero-order valence-corrected chi connectivity index (χ0v) is 13.6. The van der Waals surface area contributed by atoms with Crippen molar-refractivity contribution in [3.63, 3.8) is 0 Å². The SMILES string of the molecule is C(=C\n1cnc2c3ccccc3c3ccccc3c21)/c1ccccc1. The van der Waals surface area contributed by atoms with E-state index in [1.54, 1.807) is 0 Å². The molecule has 0 bridgehead atoms. The van der Waals surface area contributed by atoms with Crippen LogP contribution in [0.25, 0.3) is 44.9 Å². The third-order valence-electron chi connectivity index (χ3n) is 4.68. The molecule has 4 aromatic carbocycles. The summed E-state index contributed by atoms with van der Waals surface area (Å²) >= 11 is 0. The number of rotatable bonds is 2. The molecule has 5 rings (SSSR count). The fourth-order valence-corrected chi connectivity index (χ4v) is 3.52. The second-order valence-corrected chi connectivity index (χ2v) is 6.17. The number of imidazole rings is 1. The Balaban J connectivity index is 1.84. The molecule has 5 aromatic rings. The number of aromatic nitrogens is 2. The van der Waals surface area contributed by atoms with Crippen molar-refractivity contribution in [2.24, 2.45) is 0 Å². The lowest BCUT2D eigenvalue weighted by Gasteiger charge is -2.07. The van der Waals surface area contributed by atoms with Gasteiger partial charge < -0.3 is 4.57 Å². The maximum absolute atomic E-state index is 4.72. The highest BCUT2D eigenvalue weighted by Gasteiger charge is 2.11. The maximum atomic E-state index is 4.72. The van der Waals surface area contributed by atoms with Crippen molar-refractivity contribution in [2.45, 2.75) is 0 Å². The van der Waals surface area contributed by atoms with Crippen molar-refractivity contribution in [3.8, 4) is 0 Å². The van der Waals surface area contributed by atoms with Gasteiger partial charge in [0.15, 0.2) is 0 Å². The van der Waals surface area contributed by atoms with Crippen LogP contribution in [0.15, 0.2) is 85.2 Å². The normalized spacial score (nSPS) is 11.8. The summed E-state index contributed by atoms with van der Waals surface area (Å²) in [7, 11) is 0. The first-order chi connectivity index (χ1) is 12.4. The van der Waals surface area contributed by atoms with Crippen LogP contribution in [-0.2, 0) is 0 Å². The van der Waals surface area contributed by atoms with E-state index in [0.29, 0.717) is 0 Å². The minimum absolute atomic E-state index is 1.05. The Morgan fingerprint density at radius 2 is 1.24 bits per heavy atom. The lowest BCUT2D eigenvalue weighted by molar-refractivity contribution is 1.18. The highest BCUT2D eigenvalue weighted by molar-refractivity contribution is 6.23. The number of hydrogen-bond acceptors (Lipinski definition) is 1. The molecule has 1 aromatic heterocycles. The van der Waals surface area contributed by atoms with Gasteiger partial charge >= 0.3 is 0 Å². The van der Waals surface area contributed by atoms with Crippen LogP contribution >= 0.6 is 0 Å². The number of hydrogen-bond donors (Lipinski definition) is 0. The van der Waals surface area contributed by atoms with Gasteiger partial charge in [-0.15, -0.1) is 0 Å². The standard InChI is InChI=1S/C23H16N2/c1-2-8-17(9-3-1)14-15-25-16-24-22-20-12-6-4-10-18(20)19-11-5-7-13-21(19)23(22)25/h1-16H/b15-14+. The molecule has 0 amide bonds. The fourth-order valence-electron chi connectivity index (χ4n) is 3.52. The van der Waals surface area contributed by atoms with Crippen LogP contribution < -0.4 is 0 Å². The van der Waals surface area contributed by atoms with Gasteiger partial charge in [-0.05, 0) is 22.4 Å². The molecule has 2 heteroatoms. The van der Waals surface area contributed by atoms with Crippen LogP contribution in [0.1, 0.15) is 5.56 Å². The lowest BCUT2D eigenvalue weighted by Crippen LogP contribution is -1.87. The van der Waals surface area contributed by atoms with Crippen LogP contribution in [0.4, 0.5) is 0 Å². The van der Waals surface area contributed by atoms with Gasteiger partial charge in [0.05, 0.1) is 17.4 Å². The second kappa shape index (κ2) is 5.60. The Labute approximate surface area is 145 Å². The fraction of sp³-hybridized carbons (Fsp3) is 0. The largest absolute Gasteiger partial charge is 0.305 e. The number of nitrogens with zero attached hydrogens (tertiary/aromatic N) is 2. The van der Waals surface area contributed by atoms with E-state index in [1.807, 2.05) is 12.4 Å². The van der Waals surface area contributed by atoms with Gasteiger partial charge in [0, 0.05) is 17.0 Å². The third-order valence-corrected chi connectivity index (χ3v) is 4.68. The van der Waals surface area contributed by atoms with E-state index < -0.39 is 0 Å². The zero-order valence-electron chi connectivity index (χ0n) is 13.6.